The fourth-order valence-corrected chi connectivity index (χ4v) is 2.63. The van der Waals surface area contributed by atoms with E-state index in [9.17, 15) is 4.79 Å². The predicted octanol–water partition coefficient (Wildman–Crippen LogP) is 0.966. The number of hydrogen-bond donors (Lipinski definition) is 1. The first-order valence-electron chi connectivity index (χ1n) is 5.37. The van der Waals surface area contributed by atoms with Crippen molar-refractivity contribution in [3.8, 4) is 0 Å². The Labute approximate surface area is 90.1 Å². The maximum absolute atomic E-state index is 12.0. The number of ether oxygens (including phenoxy) is 1. The Kier molecular flexibility index (Phi) is 2.54. The Morgan fingerprint density at radius 1 is 1.60 bits per heavy atom. The van der Waals surface area contributed by atoms with Gasteiger partial charge in [0, 0.05) is 13.5 Å². The Hall–Kier alpha value is -0.900. The Bertz CT molecular complexity index is 310. The average Bonchev–Trinajstić information content (AvgIpc) is 2.46. The molecule has 0 radical (unpaired) electrons. The number of hydrazone groups is 1. The molecule has 0 aromatic heterocycles. The monoisotopic (exact) mass is 210 g/mol. The van der Waals surface area contributed by atoms with E-state index >= 15 is 0 Å². The first-order chi connectivity index (χ1) is 7.03. The molecule has 1 N–H and O–H groups in total. The number of Topliss-reactive ketones (excluding diaryl/α,β-unsaturated/α-hetero) is 1. The molecule has 0 spiro atoms. The summed E-state index contributed by atoms with van der Waals surface area (Å²) in [7, 11) is 1.63. The molecule has 1 aliphatic heterocycles. The molecule has 15 heavy (non-hydrogen) atoms. The number of hydrogen-bond acceptors (Lipinski definition) is 4. The summed E-state index contributed by atoms with van der Waals surface area (Å²) in [5, 5.41) is 4.21. The van der Waals surface area contributed by atoms with Gasteiger partial charge in [0.05, 0.1) is 24.3 Å². The van der Waals surface area contributed by atoms with Crippen LogP contribution in [-0.4, -0.2) is 31.3 Å². The van der Waals surface area contributed by atoms with E-state index in [2.05, 4.69) is 24.4 Å². The van der Waals surface area contributed by atoms with Gasteiger partial charge >= 0.3 is 0 Å². The number of rotatable bonds is 2. The van der Waals surface area contributed by atoms with E-state index in [4.69, 9.17) is 4.74 Å². The number of methoxy groups -OCH3 is 1. The molecule has 2 aliphatic rings. The maximum Gasteiger partial charge on any atom is 0.144 e. The largest absolute Gasteiger partial charge is 0.379 e. The van der Waals surface area contributed by atoms with Gasteiger partial charge in [-0.05, 0) is 11.8 Å². The minimum Gasteiger partial charge on any atom is -0.379 e. The molecule has 2 atom stereocenters. The highest BCUT2D eigenvalue weighted by molar-refractivity contribution is 6.08. The standard InChI is InChI=1S/C11H18N2O2/c1-11(2)4-7-10(9(14)5-11)8(6-15-3)13-12-7/h7,10,12H,4-6H2,1-3H3/t7-,10-/m0/s1. The van der Waals surface area contributed by atoms with E-state index < -0.39 is 0 Å². The molecule has 0 aromatic carbocycles. The van der Waals surface area contributed by atoms with Crippen molar-refractivity contribution in [3.05, 3.63) is 0 Å². The van der Waals surface area contributed by atoms with Crippen LogP contribution >= 0.6 is 0 Å². The molecule has 4 nitrogen and oxygen atoms in total. The zero-order valence-corrected chi connectivity index (χ0v) is 9.54. The van der Waals surface area contributed by atoms with Gasteiger partial charge in [0.15, 0.2) is 0 Å². The van der Waals surface area contributed by atoms with Gasteiger partial charge in [0.25, 0.3) is 0 Å². The van der Waals surface area contributed by atoms with Crippen LogP contribution in [0.4, 0.5) is 0 Å². The van der Waals surface area contributed by atoms with E-state index in [0.717, 1.165) is 12.1 Å². The lowest BCUT2D eigenvalue weighted by atomic mass is 9.69. The van der Waals surface area contributed by atoms with Gasteiger partial charge in [-0.1, -0.05) is 13.8 Å². The van der Waals surface area contributed by atoms with Gasteiger partial charge in [0.2, 0.25) is 0 Å². The van der Waals surface area contributed by atoms with E-state index in [1.165, 1.54) is 0 Å². The van der Waals surface area contributed by atoms with Crippen molar-refractivity contribution in [2.75, 3.05) is 13.7 Å². The summed E-state index contributed by atoms with van der Waals surface area (Å²) in [5.41, 5.74) is 4.03. The van der Waals surface area contributed by atoms with Crippen molar-refractivity contribution in [2.45, 2.75) is 32.7 Å². The predicted molar refractivity (Wildman–Crippen MR) is 57.7 cm³/mol. The molecule has 0 bridgehead atoms. The Balaban J connectivity index is 2.14. The van der Waals surface area contributed by atoms with E-state index in [0.29, 0.717) is 18.8 Å². The van der Waals surface area contributed by atoms with Crippen LogP contribution in [0.1, 0.15) is 26.7 Å². The molecule has 1 aliphatic carbocycles. The van der Waals surface area contributed by atoms with Crippen LogP contribution in [0, 0.1) is 11.3 Å². The summed E-state index contributed by atoms with van der Waals surface area (Å²) in [6, 6.07) is 0.186. The zero-order valence-electron chi connectivity index (χ0n) is 9.54. The third kappa shape index (κ3) is 1.91. The lowest BCUT2D eigenvalue weighted by Gasteiger charge is -2.36. The Morgan fingerprint density at radius 2 is 2.33 bits per heavy atom. The van der Waals surface area contributed by atoms with Crippen LogP contribution in [0.25, 0.3) is 0 Å². The lowest BCUT2D eigenvalue weighted by molar-refractivity contribution is -0.126. The van der Waals surface area contributed by atoms with Crippen LogP contribution in [0.15, 0.2) is 5.10 Å². The zero-order chi connectivity index (χ0) is 11.1. The van der Waals surface area contributed by atoms with Crippen LogP contribution in [0.5, 0.6) is 0 Å². The first-order valence-corrected chi connectivity index (χ1v) is 5.37. The average molecular weight is 210 g/mol. The van der Waals surface area contributed by atoms with Crippen molar-refractivity contribution in [2.24, 2.45) is 16.4 Å². The molecule has 1 saturated carbocycles. The number of carbonyl (C=O) groups is 1. The molecule has 1 fully saturated rings. The maximum atomic E-state index is 12.0. The van der Waals surface area contributed by atoms with E-state index in [1.54, 1.807) is 7.11 Å². The highest BCUT2D eigenvalue weighted by atomic mass is 16.5. The smallest absolute Gasteiger partial charge is 0.144 e. The minimum absolute atomic E-state index is 0.0435. The molecular weight excluding hydrogens is 192 g/mol. The Morgan fingerprint density at radius 3 is 3.00 bits per heavy atom. The molecule has 0 aromatic rings. The summed E-state index contributed by atoms with van der Waals surface area (Å²) in [5.74, 6) is 0.259. The van der Waals surface area contributed by atoms with Gasteiger partial charge in [-0.25, -0.2) is 0 Å². The number of ketones is 1. The molecule has 2 rings (SSSR count). The highest BCUT2D eigenvalue weighted by Gasteiger charge is 2.45. The molecule has 84 valence electrons. The summed E-state index contributed by atoms with van der Waals surface area (Å²) in [6.45, 7) is 4.73. The second-order valence-corrected chi connectivity index (χ2v) is 5.26. The second kappa shape index (κ2) is 3.59. The van der Waals surface area contributed by atoms with Crippen molar-refractivity contribution in [1.29, 1.82) is 0 Å². The van der Waals surface area contributed by atoms with Crippen LogP contribution in [0.3, 0.4) is 0 Å². The van der Waals surface area contributed by atoms with Crippen molar-refractivity contribution < 1.29 is 9.53 Å². The van der Waals surface area contributed by atoms with Gasteiger partial charge in [0.1, 0.15) is 5.78 Å². The van der Waals surface area contributed by atoms with Crippen molar-refractivity contribution in [3.63, 3.8) is 0 Å². The summed E-state index contributed by atoms with van der Waals surface area (Å²) < 4.78 is 5.05. The van der Waals surface area contributed by atoms with Crippen LogP contribution < -0.4 is 5.43 Å². The number of carbonyl (C=O) groups excluding carboxylic acids is 1. The first kappa shape index (κ1) is 10.6. The minimum atomic E-state index is -0.0435. The molecule has 1 heterocycles. The third-order valence-electron chi connectivity index (χ3n) is 3.20. The second-order valence-electron chi connectivity index (χ2n) is 5.26. The molecule has 0 amide bonds. The molecule has 0 unspecified atom stereocenters. The van der Waals surface area contributed by atoms with E-state index in [-0.39, 0.29) is 17.4 Å². The molecular formula is C11H18N2O2. The molecule has 0 saturated heterocycles. The van der Waals surface area contributed by atoms with Gasteiger partial charge in [-0.2, -0.15) is 5.10 Å². The highest BCUT2D eigenvalue weighted by Crippen LogP contribution is 2.38. The third-order valence-corrected chi connectivity index (χ3v) is 3.20. The quantitative estimate of drug-likeness (QED) is 0.738. The van der Waals surface area contributed by atoms with Crippen molar-refractivity contribution in [1.82, 2.24) is 5.43 Å². The number of nitrogens with zero attached hydrogens (tertiary/aromatic N) is 1. The summed E-state index contributed by atoms with van der Waals surface area (Å²) in [6.07, 6.45) is 1.65. The van der Waals surface area contributed by atoms with Crippen molar-refractivity contribution >= 4 is 11.5 Å². The normalized spacial score (nSPS) is 33.3. The number of nitrogens with one attached hydrogen (secondary N) is 1. The summed E-state index contributed by atoms with van der Waals surface area (Å²) >= 11 is 0. The number of fused-ring (bicyclic) bond motifs is 1. The topological polar surface area (TPSA) is 50.7 Å². The van der Waals surface area contributed by atoms with Crippen LogP contribution in [0.2, 0.25) is 0 Å². The van der Waals surface area contributed by atoms with Gasteiger partial charge in [-0.3, -0.25) is 4.79 Å². The molecule has 4 heteroatoms. The van der Waals surface area contributed by atoms with Gasteiger partial charge in [-0.15, -0.1) is 0 Å². The lowest BCUT2D eigenvalue weighted by Crippen LogP contribution is -2.45. The van der Waals surface area contributed by atoms with Crippen LogP contribution in [-0.2, 0) is 9.53 Å². The summed E-state index contributed by atoms with van der Waals surface area (Å²) in [4.78, 5) is 12.0. The fourth-order valence-electron chi connectivity index (χ4n) is 2.63. The van der Waals surface area contributed by atoms with Gasteiger partial charge < -0.3 is 10.2 Å². The fraction of sp³-hybridized carbons (Fsp3) is 0.818. The van der Waals surface area contributed by atoms with E-state index in [1.807, 2.05) is 0 Å². The SMILES string of the molecule is COCC1=NN[C@H]2CC(C)(C)CC(=O)[C@H]12.